The summed E-state index contributed by atoms with van der Waals surface area (Å²) in [6.07, 6.45) is 1.16. The van der Waals surface area contributed by atoms with E-state index in [2.05, 4.69) is 5.32 Å². The maximum atomic E-state index is 13.9. The fourth-order valence-electron chi connectivity index (χ4n) is 2.98. The molecule has 5 nitrogen and oxygen atoms in total. The van der Waals surface area contributed by atoms with E-state index in [0.29, 0.717) is 22.0 Å². The fourth-order valence-corrected chi connectivity index (χ4v) is 3.30. The third kappa shape index (κ3) is 7.11. The van der Waals surface area contributed by atoms with Crippen LogP contribution in [-0.2, 0) is 16.1 Å². The molecule has 0 saturated carbocycles. The van der Waals surface area contributed by atoms with Crippen LogP contribution >= 0.6 is 23.2 Å². The Bertz CT molecular complexity index is 910. The minimum atomic E-state index is -0.722. The molecule has 0 aromatic heterocycles. The molecule has 2 atom stereocenters. The van der Waals surface area contributed by atoms with Crippen molar-refractivity contribution in [3.05, 3.63) is 63.9 Å². The van der Waals surface area contributed by atoms with E-state index < -0.39 is 24.4 Å². The molecule has 0 aliphatic heterocycles. The van der Waals surface area contributed by atoms with Crippen LogP contribution in [0.4, 0.5) is 4.39 Å². The minimum absolute atomic E-state index is 0.0255. The van der Waals surface area contributed by atoms with Crippen molar-refractivity contribution in [1.29, 1.82) is 0 Å². The van der Waals surface area contributed by atoms with E-state index in [9.17, 15) is 14.0 Å². The van der Waals surface area contributed by atoms with Gasteiger partial charge in [-0.1, -0.05) is 55.2 Å². The van der Waals surface area contributed by atoms with Gasteiger partial charge in [0.05, 0.1) is 10.0 Å². The maximum Gasteiger partial charge on any atom is 0.261 e. The van der Waals surface area contributed by atoms with Crippen molar-refractivity contribution < 1.29 is 18.7 Å². The summed E-state index contributed by atoms with van der Waals surface area (Å²) in [4.78, 5) is 27.4. The van der Waals surface area contributed by atoms with Crippen molar-refractivity contribution in [2.24, 2.45) is 0 Å². The van der Waals surface area contributed by atoms with Crippen molar-refractivity contribution in [2.75, 3.05) is 6.61 Å². The van der Waals surface area contributed by atoms with Crippen LogP contribution in [0.5, 0.6) is 5.75 Å². The van der Waals surface area contributed by atoms with Gasteiger partial charge in [-0.25, -0.2) is 4.39 Å². The normalized spacial score (nSPS) is 12.7. The Labute approximate surface area is 192 Å². The predicted molar refractivity (Wildman–Crippen MR) is 121 cm³/mol. The highest BCUT2D eigenvalue weighted by Gasteiger charge is 2.29. The Morgan fingerprint density at radius 3 is 2.42 bits per heavy atom. The number of amides is 2. The second-order valence-electron chi connectivity index (χ2n) is 7.23. The first-order valence-corrected chi connectivity index (χ1v) is 10.9. The first kappa shape index (κ1) is 25.0. The average Bonchev–Trinajstić information content (AvgIpc) is 2.75. The minimum Gasteiger partial charge on any atom is -0.481 e. The molecular formula is C23H27Cl2FN2O3. The van der Waals surface area contributed by atoms with E-state index in [0.717, 1.165) is 6.42 Å². The van der Waals surface area contributed by atoms with Gasteiger partial charge in [-0.3, -0.25) is 9.59 Å². The van der Waals surface area contributed by atoms with E-state index in [4.69, 9.17) is 27.9 Å². The SMILES string of the molecule is CC[C@@H](C)NC(=O)[C@H](CC)N(Cc1ccc(Cl)c(Cl)c1)C(=O)COc1ccccc1F. The fraction of sp³-hybridized carbons (Fsp3) is 0.391. The maximum absolute atomic E-state index is 13.9. The van der Waals surface area contributed by atoms with Gasteiger partial charge in [0.2, 0.25) is 5.91 Å². The standard InChI is InChI=1S/C23H27Cl2FN2O3/c1-4-15(3)27-23(30)20(5-2)28(13-16-10-11-17(24)18(25)12-16)22(29)14-31-21-9-7-6-8-19(21)26/h6-12,15,20H,4-5,13-14H2,1-3H3,(H,27,30)/t15-,20+/m1/s1. The number of nitrogens with zero attached hydrogens (tertiary/aromatic N) is 1. The molecule has 2 rings (SSSR count). The molecule has 8 heteroatoms. The van der Waals surface area contributed by atoms with E-state index >= 15 is 0 Å². The van der Waals surface area contributed by atoms with Crippen LogP contribution in [0, 0.1) is 5.82 Å². The number of hydrogen-bond donors (Lipinski definition) is 1. The van der Waals surface area contributed by atoms with Crippen molar-refractivity contribution >= 4 is 35.0 Å². The van der Waals surface area contributed by atoms with E-state index in [1.807, 2.05) is 20.8 Å². The molecule has 0 aliphatic carbocycles. The largest absolute Gasteiger partial charge is 0.481 e. The van der Waals surface area contributed by atoms with Crippen LogP contribution in [0.15, 0.2) is 42.5 Å². The first-order valence-electron chi connectivity index (χ1n) is 10.2. The molecular weight excluding hydrogens is 442 g/mol. The summed E-state index contributed by atoms with van der Waals surface area (Å²) in [6, 6.07) is 10.1. The van der Waals surface area contributed by atoms with Gasteiger partial charge in [-0.2, -0.15) is 0 Å². The second kappa shape index (κ2) is 11.9. The van der Waals surface area contributed by atoms with E-state index in [1.54, 1.807) is 24.3 Å². The van der Waals surface area contributed by atoms with Gasteiger partial charge in [0.15, 0.2) is 18.2 Å². The highest BCUT2D eigenvalue weighted by molar-refractivity contribution is 6.42. The van der Waals surface area contributed by atoms with Gasteiger partial charge in [0.25, 0.3) is 5.91 Å². The summed E-state index contributed by atoms with van der Waals surface area (Å²) in [5, 5.41) is 3.67. The molecule has 0 fully saturated rings. The van der Waals surface area contributed by atoms with Crippen LogP contribution in [0.3, 0.4) is 0 Å². The summed E-state index contributed by atoms with van der Waals surface area (Å²) in [5.41, 5.74) is 0.712. The summed E-state index contributed by atoms with van der Waals surface area (Å²) >= 11 is 12.1. The molecule has 2 aromatic rings. The highest BCUT2D eigenvalue weighted by Crippen LogP contribution is 2.24. The summed E-state index contributed by atoms with van der Waals surface area (Å²) in [6.45, 7) is 5.41. The number of nitrogens with one attached hydrogen (secondary N) is 1. The monoisotopic (exact) mass is 468 g/mol. The summed E-state index contributed by atoms with van der Waals surface area (Å²) < 4.78 is 19.3. The topological polar surface area (TPSA) is 58.6 Å². The molecule has 168 valence electrons. The molecule has 0 aliphatic rings. The lowest BCUT2D eigenvalue weighted by atomic mass is 10.1. The molecule has 0 heterocycles. The summed E-state index contributed by atoms with van der Waals surface area (Å²) in [7, 11) is 0. The van der Waals surface area contributed by atoms with Crippen LogP contribution in [0.1, 0.15) is 39.2 Å². The Balaban J connectivity index is 2.26. The molecule has 0 spiro atoms. The first-order chi connectivity index (χ1) is 14.8. The summed E-state index contributed by atoms with van der Waals surface area (Å²) in [5.74, 6) is -1.29. The number of benzene rings is 2. The third-order valence-corrected chi connectivity index (χ3v) is 5.65. The highest BCUT2D eigenvalue weighted by atomic mass is 35.5. The smallest absolute Gasteiger partial charge is 0.261 e. The van der Waals surface area contributed by atoms with Gasteiger partial charge in [0, 0.05) is 12.6 Å². The van der Waals surface area contributed by atoms with Gasteiger partial charge in [-0.05, 0) is 49.6 Å². The van der Waals surface area contributed by atoms with Crippen LogP contribution in [0.2, 0.25) is 10.0 Å². The molecule has 31 heavy (non-hydrogen) atoms. The van der Waals surface area contributed by atoms with Gasteiger partial charge >= 0.3 is 0 Å². The van der Waals surface area contributed by atoms with Gasteiger partial charge in [-0.15, -0.1) is 0 Å². The molecule has 2 aromatic carbocycles. The molecule has 0 saturated heterocycles. The number of carbonyl (C=O) groups excluding carboxylic acids is 2. The van der Waals surface area contributed by atoms with Gasteiger partial charge in [0.1, 0.15) is 6.04 Å². The molecule has 0 bridgehead atoms. The lowest BCUT2D eigenvalue weighted by Gasteiger charge is -2.31. The zero-order valence-electron chi connectivity index (χ0n) is 17.8. The molecule has 1 N–H and O–H groups in total. The number of rotatable bonds is 10. The lowest BCUT2D eigenvalue weighted by molar-refractivity contribution is -0.143. The Morgan fingerprint density at radius 1 is 1.10 bits per heavy atom. The van der Waals surface area contributed by atoms with Crippen LogP contribution in [-0.4, -0.2) is 35.4 Å². The van der Waals surface area contributed by atoms with E-state index in [-0.39, 0.29) is 24.2 Å². The Kier molecular flexibility index (Phi) is 9.59. The second-order valence-corrected chi connectivity index (χ2v) is 8.05. The van der Waals surface area contributed by atoms with Crippen molar-refractivity contribution in [3.8, 4) is 5.75 Å². The number of halogens is 3. The lowest BCUT2D eigenvalue weighted by Crippen LogP contribution is -2.51. The Morgan fingerprint density at radius 2 is 1.81 bits per heavy atom. The quantitative estimate of drug-likeness (QED) is 0.518. The number of hydrogen-bond acceptors (Lipinski definition) is 3. The van der Waals surface area contributed by atoms with Crippen molar-refractivity contribution in [2.45, 2.75) is 52.2 Å². The number of para-hydroxylation sites is 1. The molecule has 0 radical (unpaired) electrons. The zero-order chi connectivity index (χ0) is 23.0. The van der Waals surface area contributed by atoms with E-state index in [1.165, 1.54) is 23.1 Å². The number of ether oxygens (including phenoxy) is 1. The Hall–Kier alpha value is -2.31. The van der Waals surface area contributed by atoms with Crippen LogP contribution < -0.4 is 10.1 Å². The molecule has 0 unspecified atom stereocenters. The number of carbonyl (C=O) groups is 2. The predicted octanol–water partition coefficient (Wildman–Crippen LogP) is 5.23. The zero-order valence-corrected chi connectivity index (χ0v) is 19.3. The van der Waals surface area contributed by atoms with Crippen molar-refractivity contribution in [1.82, 2.24) is 10.2 Å². The van der Waals surface area contributed by atoms with Crippen molar-refractivity contribution in [3.63, 3.8) is 0 Å². The molecule has 2 amide bonds. The van der Waals surface area contributed by atoms with Gasteiger partial charge < -0.3 is 15.0 Å². The average molecular weight is 469 g/mol. The third-order valence-electron chi connectivity index (χ3n) is 4.91. The van der Waals surface area contributed by atoms with Crippen LogP contribution in [0.25, 0.3) is 0 Å².